The molecule has 3 nitrogen and oxygen atoms in total. The molecule has 6 rings (SSSR count). The molecule has 1 amide bonds. The highest BCUT2D eigenvalue weighted by Crippen LogP contribution is 2.53. The molecule has 4 heterocycles. The van der Waals surface area contributed by atoms with Crippen molar-refractivity contribution in [2.75, 3.05) is 13.1 Å². The summed E-state index contributed by atoms with van der Waals surface area (Å²) in [7, 11) is 0. The lowest BCUT2D eigenvalue weighted by atomic mass is 9.77. The number of amides is 1. The van der Waals surface area contributed by atoms with Crippen molar-refractivity contribution < 1.29 is 4.79 Å². The Kier molecular flexibility index (Phi) is 2.71. The van der Waals surface area contributed by atoms with Gasteiger partial charge in [0, 0.05) is 15.8 Å². The Morgan fingerprint density at radius 2 is 2.05 bits per heavy atom. The molecular weight excluding hydrogens is 292 g/mol. The van der Waals surface area contributed by atoms with Crippen LogP contribution in [-0.4, -0.2) is 35.5 Å². The summed E-state index contributed by atoms with van der Waals surface area (Å²) in [5.41, 5.74) is 1.12. The molecule has 0 radical (unpaired) electrons. The Bertz CT molecular complexity index is 740. The molecule has 22 heavy (non-hydrogen) atoms. The van der Waals surface area contributed by atoms with Crippen LogP contribution in [0.4, 0.5) is 0 Å². The molecule has 0 unspecified atom stereocenters. The second kappa shape index (κ2) is 4.56. The fraction of sp³-hybridized carbons (Fsp3) is 0.500. The number of hydrogen-bond acceptors (Lipinski definition) is 3. The van der Waals surface area contributed by atoms with Crippen LogP contribution in [0.5, 0.6) is 0 Å². The highest BCUT2D eigenvalue weighted by Gasteiger charge is 2.60. The number of benzene rings is 1. The van der Waals surface area contributed by atoms with Gasteiger partial charge in [-0.1, -0.05) is 6.07 Å². The van der Waals surface area contributed by atoms with Gasteiger partial charge in [0.1, 0.15) is 0 Å². The number of fused-ring (bicyclic) bond motifs is 3. The first-order valence-electron chi connectivity index (χ1n) is 8.29. The lowest BCUT2D eigenvalue weighted by Gasteiger charge is -2.52. The Hall–Kier alpha value is -1.39. The van der Waals surface area contributed by atoms with E-state index >= 15 is 0 Å². The zero-order valence-electron chi connectivity index (χ0n) is 12.5. The smallest absolute Gasteiger partial charge is 0.251 e. The average Bonchev–Trinajstić information content (AvgIpc) is 3.18. The molecule has 1 spiro atoms. The van der Waals surface area contributed by atoms with Gasteiger partial charge < -0.3 is 5.32 Å². The van der Waals surface area contributed by atoms with Gasteiger partial charge in [-0.05, 0) is 73.7 Å². The van der Waals surface area contributed by atoms with Crippen LogP contribution in [0, 0.1) is 5.92 Å². The van der Waals surface area contributed by atoms with Crippen LogP contribution in [0.1, 0.15) is 36.0 Å². The molecule has 1 N–H and O–H groups in total. The number of nitrogens with one attached hydrogen (secondary N) is 1. The van der Waals surface area contributed by atoms with Gasteiger partial charge in [0.25, 0.3) is 5.91 Å². The van der Waals surface area contributed by atoms with E-state index in [9.17, 15) is 4.79 Å². The van der Waals surface area contributed by atoms with Crippen molar-refractivity contribution in [1.29, 1.82) is 0 Å². The number of nitrogens with zero attached hydrogens (tertiary/aromatic N) is 1. The molecule has 2 bridgehead atoms. The van der Waals surface area contributed by atoms with E-state index < -0.39 is 0 Å². The van der Waals surface area contributed by atoms with Crippen LogP contribution in [0.3, 0.4) is 0 Å². The van der Waals surface area contributed by atoms with E-state index in [2.05, 4.69) is 27.7 Å². The van der Waals surface area contributed by atoms with Crippen LogP contribution in [0.15, 0.2) is 29.6 Å². The SMILES string of the molecule is O=C(N[C@H]1C2CCN(CC2)C12CC2)c1ccc2ccsc2c1. The molecule has 1 saturated carbocycles. The maximum Gasteiger partial charge on any atom is 0.251 e. The summed E-state index contributed by atoms with van der Waals surface area (Å²) in [6.45, 7) is 2.47. The van der Waals surface area contributed by atoms with E-state index in [0.717, 1.165) is 5.56 Å². The maximum absolute atomic E-state index is 12.7. The number of carbonyl (C=O) groups is 1. The zero-order chi connectivity index (χ0) is 14.7. The van der Waals surface area contributed by atoms with Crippen LogP contribution in [0.2, 0.25) is 0 Å². The van der Waals surface area contributed by atoms with Gasteiger partial charge in [0.05, 0.1) is 6.04 Å². The van der Waals surface area contributed by atoms with E-state index in [1.54, 1.807) is 11.3 Å². The van der Waals surface area contributed by atoms with Crippen LogP contribution < -0.4 is 5.32 Å². The molecule has 3 saturated heterocycles. The third-order valence-corrected chi connectivity index (χ3v) is 6.87. The van der Waals surface area contributed by atoms with Crippen molar-refractivity contribution in [3.05, 3.63) is 35.2 Å². The second-order valence-corrected chi connectivity index (χ2v) is 8.00. The van der Waals surface area contributed by atoms with Crippen molar-refractivity contribution in [1.82, 2.24) is 10.2 Å². The Morgan fingerprint density at radius 3 is 2.82 bits per heavy atom. The maximum atomic E-state index is 12.7. The summed E-state index contributed by atoms with van der Waals surface area (Å²) in [5, 5.41) is 6.71. The molecule has 1 aliphatic carbocycles. The van der Waals surface area contributed by atoms with Gasteiger partial charge in [-0.15, -0.1) is 11.3 Å². The van der Waals surface area contributed by atoms with Crippen LogP contribution >= 0.6 is 11.3 Å². The van der Waals surface area contributed by atoms with E-state index in [0.29, 0.717) is 17.5 Å². The normalized spacial score (nSPS) is 31.5. The fourth-order valence-electron chi connectivity index (χ4n) is 4.64. The van der Waals surface area contributed by atoms with Gasteiger partial charge >= 0.3 is 0 Å². The van der Waals surface area contributed by atoms with Gasteiger partial charge in [-0.25, -0.2) is 0 Å². The Balaban J connectivity index is 1.42. The predicted octanol–water partition coefficient (Wildman–Crippen LogP) is 3.26. The first-order chi connectivity index (χ1) is 10.8. The first-order valence-corrected chi connectivity index (χ1v) is 9.17. The van der Waals surface area contributed by atoms with E-state index in [1.165, 1.54) is 48.9 Å². The van der Waals surface area contributed by atoms with Crippen molar-refractivity contribution >= 4 is 27.3 Å². The number of rotatable bonds is 2. The summed E-state index contributed by atoms with van der Waals surface area (Å²) < 4.78 is 1.20. The molecule has 3 aliphatic heterocycles. The highest BCUT2D eigenvalue weighted by molar-refractivity contribution is 7.17. The molecule has 114 valence electrons. The van der Waals surface area contributed by atoms with Gasteiger partial charge in [0.2, 0.25) is 0 Å². The van der Waals surface area contributed by atoms with E-state index in [1.807, 2.05) is 12.1 Å². The molecule has 4 heteroatoms. The minimum Gasteiger partial charge on any atom is -0.347 e. The molecular formula is C18H20N2OS. The number of hydrogen-bond donors (Lipinski definition) is 1. The van der Waals surface area contributed by atoms with Crippen LogP contribution in [0.25, 0.3) is 10.1 Å². The largest absolute Gasteiger partial charge is 0.347 e. The second-order valence-electron chi connectivity index (χ2n) is 7.05. The summed E-state index contributed by atoms with van der Waals surface area (Å²) in [6, 6.07) is 8.53. The quantitative estimate of drug-likeness (QED) is 0.923. The summed E-state index contributed by atoms with van der Waals surface area (Å²) in [4.78, 5) is 15.4. The number of thiophene rings is 1. The summed E-state index contributed by atoms with van der Waals surface area (Å²) >= 11 is 1.70. The van der Waals surface area contributed by atoms with E-state index in [4.69, 9.17) is 0 Å². The third-order valence-electron chi connectivity index (χ3n) is 5.99. The Morgan fingerprint density at radius 1 is 1.23 bits per heavy atom. The topological polar surface area (TPSA) is 32.3 Å². The van der Waals surface area contributed by atoms with Crippen molar-refractivity contribution in [2.24, 2.45) is 5.92 Å². The molecule has 1 aromatic heterocycles. The number of piperidine rings is 3. The fourth-order valence-corrected chi connectivity index (χ4v) is 5.47. The monoisotopic (exact) mass is 312 g/mol. The van der Waals surface area contributed by atoms with E-state index in [-0.39, 0.29) is 5.91 Å². The minimum absolute atomic E-state index is 0.111. The first kappa shape index (κ1) is 13.1. The zero-order valence-corrected chi connectivity index (χ0v) is 13.4. The lowest BCUT2D eigenvalue weighted by molar-refractivity contribution is -0.00144. The minimum atomic E-state index is 0.111. The standard InChI is InChI=1S/C18H20N2OS/c21-17(14-2-1-12-5-10-22-15(12)11-14)19-16-13-3-8-20(9-4-13)18(16)6-7-18/h1-2,5,10-11,13,16H,3-4,6-9H2,(H,19,21)/t16-/m0/s1. The molecule has 1 atom stereocenters. The average molecular weight is 312 g/mol. The molecule has 4 aliphatic rings. The molecule has 2 aromatic rings. The molecule has 4 fully saturated rings. The van der Waals surface area contributed by atoms with Crippen molar-refractivity contribution in [3.8, 4) is 0 Å². The Labute approximate surface area is 134 Å². The highest BCUT2D eigenvalue weighted by atomic mass is 32.1. The van der Waals surface area contributed by atoms with Crippen molar-refractivity contribution in [3.63, 3.8) is 0 Å². The van der Waals surface area contributed by atoms with Crippen molar-refractivity contribution in [2.45, 2.75) is 37.3 Å². The van der Waals surface area contributed by atoms with Gasteiger partial charge in [-0.3, -0.25) is 9.69 Å². The lowest BCUT2D eigenvalue weighted by Crippen LogP contribution is -2.65. The van der Waals surface area contributed by atoms with Gasteiger partial charge in [0.15, 0.2) is 0 Å². The molecule has 1 aromatic carbocycles. The third kappa shape index (κ3) is 1.80. The number of carbonyl (C=O) groups excluding carboxylic acids is 1. The van der Waals surface area contributed by atoms with Crippen LogP contribution in [-0.2, 0) is 0 Å². The predicted molar refractivity (Wildman–Crippen MR) is 89.3 cm³/mol. The summed E-state index contributed by atoms with van der Waals surface area (Å²) in [6.07, 6.45) is 5.02. The summed E-state index contributed by atoms with van der Waals surface area (Å²) in [5.74, 6) is 0.794. The van der Waals surface area contributed by atoms with Gasteiger partial charge in [-0.2, -0.15) is 0 Å².